The Bertz CT molecular complexity index is 467. The van der Waals surface area contributed by atoms with E-state index in [-0.39, 0.29) is 17.3 Å². The van der Waals surface area contributed by atoms with Crippen molar-refractivity contribution in [3.8, 4) is 0 Å². The molecule has 0 aromatic heterocycles. The topological polar surface area (TPSA) is 37.3 Å². The van der Waals surface area contributed by atoms with E-state index >= 15 is 0 Å². The number of aryl methyl sites for hydroxylation is 1. The van der Waals surface area contributed by atoms with E-state index in [1.807, 2.05) is 0 Å². The van der Waals surface area contributed by atoms with Crippen molar-refractivity contribution < 1.29 is 9.90 Å². The molecule has 1 fully saturated rings. The molecule has 2 rings (SSSR count). The molecule has 0 spiro atoms. The molecule has 0 heterocycles. The minimum Gasteiger partial charge on any atom is -0.481 e. The standard InChI is InChI=1S/C18H26O2/c1-12-5-7-13(8-6-12)16-11-14(18(2,3)4)9-10-15(16)17(19)20/h5-8,14-16H,9-11H2,1-4H3,(H,19,20). The summed E-state index contributed by atoms with van der Waals surface area (Å²) < 4.78 is 0. The molecule has 0 bridgehead atoms. The average Bonchev–Trinajstić information content (AvgIpc) is 2.37. The molecule has 0 radical (unpaired) electrons. The lowest BCUT2D eigenvalue weighted by atomic mass is 9.64. The molecule has 2 heteroatoms. The third kappa shape index (κ3) is 3.23. The third-order valence-electron chi connectivity index (χ3n) is 4.90. The van der Waals surface area contributed by atoms with Crippen molar-refractivity contribution in [1.82, 2.24) is 0 Å². The van der Waals surface area contributed by atoms with Crippen LogP contribution in [0.15, 0.2) is 24.3 Å². The highest BCUT2D eigenvalue weighted by molar-refractivity contribution is 5.71. The van der Waals surface area contributed by atoms with Gasteiger partial charge in [0, 0.05) is 0 Å². The Kier molecular flexibility index (Phi) is 4.22. The normalized spacial score (nSPS) is 27.3. The van der Waals surface area contributed by atoms with Crippen LogP contribution in [-0.4, -0.2) is 11.1 Å². The molecule has 3 unspecified atom stereocenters. The highest BCUT2D eigenvalue weighted by atomic mass is 16.4. The molecule has 3 atom stereocenters. The predicted molar refractivity (Wildman–Crippen MR) is 81.8 cm³/mol. The first-order valence-corrected chi connectivity index (χ1v) is 7.58. The van der Waals surface area contributed by atoms with Crippen molar-refractivity contribution in [3.63, 3.8) is 0 Å². The smallest absolute Gasteiger partial charge is 0.307 e. The van der Waals surface area contributed by atoms with Crippen LogP contribution in [0.1, 0.15) is 57.1 Å². The summed E-state index contributed by atoms with van der Waals surface area (Å²) in [5.74, 6) is -0.102. The number of benzene rings is 1. The largest absolute Gasteiger partial charge is 0.481 e. The van der Waals surface area contributed by atoms with Gasteiger partial charge in [0.15, 0.2) is 0 Å². The van der Waals surface area contributed by atoms with Crippen molar-refractivity contribution in [1.29, 1.82) is 0 Å². The van der Waals surface area contributed by atoms with Crippen LogP contribution < -0.4 is 0 Å². The molecular formula is C18H26O2. The van der Waals surface area contributed by atoms with Gasteiger partial charge in [-0.3, -0.25) is 4.79 Å². The summed E-state index contributed by atoms with van der Waals surface area (Å²) in [6, 6.07) is 8.41. The molecule has 1 aliphatic carbocycles. The van der Waals surface area contributed by atoms with Gasteiger partial charge in [-0.1, -0.05) is 50.6 Å². The molecule has 1 aromatic rings. The number of rotatable bonds is 2. The van der Waals surface area contributed by atoms with Crippen LogP contribution >= 0.6 is 0 Å². The van der Waals surface area contributed by atoms with E-state index in [0.29, 0.717) is 5.92 Å². The van der Waals surface area contributed by atoms with Crippen molar-refractivity contribution in [3.05, 3.63) is 35.4 Å². The lowest BCUT2D eigenvalue weighted by Crippen LogP contribution is -2.34. The zero-order chi connectivity index (χ0) is 14.9. The second-order valence-corrected chi connectivity index (χ2v) is 7.34. The first-order valence-electron chi connectivity index (χ1n) is 7.58. The van der Waals surface area contributed by atoms with Gasteiger partial charge in [0.2, 0.25) is 0 Å². The molecule has 0 amide bonds. The van der Waals surface area contributed by atoms with Gasteiger partial charge in [-0.2, -0.15) is 0 Å². The maximum absolute atomic E-state index is 11.6. The van der Waals surface area contributed by atoms with E-state index in [2.05, 4.69) is 52.0 Å². The zero-order valence-corrected chi connectivity index (χ0v) is 13.0. The monoisotopic (exact) mass is 274 g/mol. The van der Waals surface area contributed by atoms with Crippen LogP contribution in [0.4, 0.5) is 0 Å². The summed E-state index contributed by atoms with van der Waals surface area (Å²) in [4.78, 5) is 11.6. The quantitative estimate of drug-likeness (QED) is 0.854. The first-order chi connectivity index (χ1) is 9.29. The Morgan fingerprint density at radius 1 is 1.15 bits per heavy atom. The Labute approximate surface area is 122 Å². The van der Waals surface area contributed by atoms with Gasteiger partial charge in [-0.15, -0.1) is 0 Å². The Balaban J connectivity index is 2.27. The average molecular weight is 274 g/mol. The van der Waals surface area contributed by atoms with Gasteiger partial charge >= 0.3 is 5.97 Å². The minimum absolute atomic E-state index is 0.158. The molecule has 1 aromatic carbocycles. The molecule has 1 N–H and O–H groups in total. The SMILES string of the molecule is Cc1ccc(C2CC(C(C)(C)C)CCC2C(=O)O)cc1. The van der Waals surface area contributed by atoms with Crippen LogP contribution in [-0.2, 0) is 4.79 Å². The summed E-state index contributed by atoms with van der Waals surface area (Å²) >= 11 is 0. The maximum Gasteiger partial charge on any atom is 0.307 e. The van der Waals surface area contributed by atoms with Crippen molar-refractivity contribution in [2.75, 3.05) is 0 Å². The van der Waals surface area contributed by atoms with Gasteiger partial charge in [0.1, 0.15) is 0 Å². The van der Waals surface area contributed by atoms with E-state index in [1.54, 1.807) is 0 Å². The number of aliphatic carboxylic acids is 1. The molecule has 0 saturated heterocycles. The van der Waals surface area contributed by atoms with Gasteiger partial charge < -0.3 is 5.11 Å². The lowest BCUT2D eigenvalue weighted by Gasteiger charge is -2.40. The van der Waals surface area contributed by atoms with Crippen LogP contribution in [0.3, 0.4) is 0 Å². The lowest BCUT2D eigenvalue weighted by molar-refractivity contribution is -0.144. The number of carboxylic acids is 1. The van der Waals surface area contributed by atoms with Crippen molar-refractivity contribution >= 4 is 5.97 Å². The second-order valence-electron chi connectivity index (χ2n) is 7.34. The molecule has 1 aliphatic rings. The molecule has 20 heavy (non-hydrogen) atoms. The highest BCUT2D eigenvalue weighted by Crippen LogP contribution is 2.46. The number of carboxylic acid groups (broad SMARTS) is 1. The Morgan fingerprint density at radius 2 is 1.75 bits per heavy atom. The Morgan fingerprint density at radius 3 is 2.25 bits per heavy atom. The van der Waals surface area contributed by atoms with Crippen LogP contribution in [0.25, 0.3) is 0 Å². The summed E-state index contributed by atoms with van der Waals surface area (Å²) in [5.41, 5.74) is 2.67. The molecular weight excluding hydrogens is 248 g/mol. The summed E-state index contributed by atoms with van der Waals surface area (Å²) in [5, 5.41) is 9.51. The fourth-order valence-electron chi connectivity index (χ4n) is 3.43. The first kappa shape index (κ1) is 15.1. The summed E-state index contributed by atoms with van der Waals surface area (Å²) in [6.45, 7) is 8.87. The maximum atomic E-state index is 11.6. The van der Waals surface area contributed by atoms with Crippen molar-refractivity contribution in [2.45, 2.75) is 52.9 Å². The third-order valence-corrected chi connectivity index (χ3v) is 4.90. The molecule has 2 nitrogen and oxygen atoms in total. The minimum atomic E-state index is -0.636. The van der Waals surface area contributed by atoms with Gasteiger partial charge in [0.05, 0.1) is 5.92 Å². The van der Waals surface area contributed by atoms with E-state index in [9.17, 15) is 9.90 Å². The highest BCUT2D eigenvalue weighted by Gasteiger charge is 2.39. The number of hydrogen-bond donors (Lipinski definition) is 1. The number of carbonyl (C=O) groups is 1. The predicted octanol–water partition coefficient (Wildman–Crippen LogP) is 4.63. The van der Waals surface area contributed by atoms with Crippen LogP contribution in [0.5, 0.6) is 0 Å². The van der Waals surface area contributed by atoms with E-state index in [0.717, 1.165) is 19.3 Å². The number of hydrogen-bond acceptors (Lipinski definition) is 1. The fourth-order valence-corrected chi connectivity index (χ4v) is 3.43. The zero-order valence-electron chi connectivity index (χ0n) is 13.0. The van der Waals surface area contributed by atoms with Gasteiger partial charge in [0.25, 0.3) is 0 Å². The second kappa shape index (κ2) is 5.59. The van der Waals surface area contributed by atoms with Crippen LogP contribution in [0, 0.1) is 24.2 Å². The van der Waals surface area contributed by atoms with Gasteiger partial charge in [-0.25, -0.2) is 0 Å². The summed E-state index contributed by atoms with van der Waals surface area (Å²) in [7, 11) is 0. The Hall–Kier alpha value is -1.31. The molecule has 110 valence electrons. The van der Waals surface area contributed by atoms with Gasteiger partial charge in [-0.05, 0) is 49.0 Å². The fraction of sp³-hybridized carbons (Fsp3) is 0.611. The molecule has 1 saturated carbocycles. The van der Waals surface area contributed by atoms with E-state index in [4.69, 9.17) is 0 Å². The molecule has 0 aliphatic heterocycles. The van der Waals surface area contributed by atoms with E-state index < -0.39 is 5.97 Å². The summed E-state index contributed by atoms with van der Waals surface area (Å²) in [6.07, 6.45) is 2.82. The van der Waals surface area contributed by atoms with Crippen molar-refractivity contribution in [2.24, 2.45) is 17.3 Å². The van der Waals surface area contributed by atoms with E-state index in [1.165, 1.54) is 11.1 Å². The van der Waals surface area contributed by atoms with Crippen LogP contribution in [0.2, 0.25) is 0 Å².